The van der Waals surface area contributed by atoms with E-state index < -0.39 is 9.84 Å². The van der Waals surface area contributed by atoms with Crippen molar-refractivity contribution in [3.63, 3.8) is 0 Å². The van der Waals surface area contributed by atoms with E-state index in [1.54, 1.807) is 36.4 Å². The molecule has 0 unspecified atom stereocenters. The third-order valence-electron chi connectivity index (χ3n) is 3.89. The van der Waals surface area contributed by atoms with E-state index in [1.165, 1.54) is 6.07 Å². The zero-order chi connectivity index (χ0) is 17.7. The smallest absolute Gasteiger partial charge is 0.248 e. The highest BCUT2D eigenvalue weighted by molar-refractivity contribution is 7.91. The summed E-state index contributed by atoms with van der Waals surface area (Å²) in [6.45, 7) is 0.419. The molecule has 0 aliphatic heterocycles. The Kier molecular flexibility index (Phi) is 5.19. The monoisotopic (exact) mass is 357 g/mol. The van der Waals surface area contributed by atoms with Crippen LogP contribution in [0.1, 0.15) is 12.8 Å². The fourth-order valence-electron chi connectivity index (χ4n) is 2.61. The first-order chi connectivity index (χ1) is 12.1. The molecule has 0 aliphatic rings. The molecule has 0 saturated heterocycles. The first kappa shape index (κ1) is 17.2. The Hall–Kier alpha value is -2.60. The number of unbranched alkanes of at least 4 members (excludes halogenated alkanes) is 1. The second kappa shape index (κ2) is 7.53. The number of hydrogen-bond acceptors (Lipinski definition) is 4. The molecule has 1 N–H and O–H groups in total. The minimum Gasteiger partial charge on any atom is -0.493 e. The van der Waals surface area contributed by atoms with Gasteiger partial charge in [0.15, 0.2) is 9.84 Å². The summed E-state index contributed by atoms with van der Waals surface area (Å²) in [5.74, 6) is 0.781. The third-order valence-corrected chi connectivity index (χ3v) is 5.71. The number of benzene rings is 2. The number of hydrogen-bond donors (Lipinski definition) is 1. The molecule has 0 spiro atoms. The van der Waals surface area contributed by atoms with Crippen molar-refractivity contribution in [3.05, 3.63) is 71.0 Å². The fourth-order valence-corrected chi connectivity index (χ4v) is 4.00. The van der Waals surface area contributed by atoms with Crippen LogP contribution in [0.2, 0.25) is 0 Å². The summed E-state index contributed by atoms with van der Waals surface area (Å²) in [7, 11) is -3.24. The van der Waals surface area contributed by atoms with Crippen molar-refractivity contribution in [3.8, 4) is 5.75 Å². The zero-order valence-electron chi connectivity index (χ0n) is 13.6. The molecule has 0 fully saturated rings. The Balaban J connectivity index is 1.55. The van der Waals surface area contributed by atoms with Gasteiger partial charge in [-0.3, -0.25) is 4.79 Å². The number of aromatic nitrogens is 1. The van der Waals surface area contributed by atoms with E-state index in [2.05, 4.69) is 4.98 Å². The molecule has 6 heteroatoms. The second-order valence-corrected chi connectivity index (χ2v) is 7.84. The van der Waals surface area contributed by atoms with Crippen LogP contribution in [0, 0.1) is 0 Å². The molecule has 25 heavy (non-hydrogen) atoms. The van der Waals surface area contributed by atoms with Gasteiger partial charge in [0.1, 0.15) is 5.75 Å². The van der Waals surface area contributed by atoms with E-state index in [-0.39, 0.29) is 11.3 Å². The Morgan fingerprint density at radius 3 is 2.48 bits per heavy atom. The molecule has 3 rings (SSSR count). The van der Waals surface area contributed by atoms with Crippen LogP contribution < -0.4 is 10.3 Å². The maximum absolute atomic E-state index is 12.2. The van der Waals surface area contributed by atoms with E-state index in [1.807, 2.05) is 18.2 Å². The topological polar surface area (TPSA) is 76.2 Å². The number of aromatic amines is 1. The van der Waals surface area contributed by atoms with Gasteiger partial charge >= 0.3 is 0 Å². The fraction of sp³-hybridized carbons (Fsp3) is 0.211. The van der Waals surface area contributed by atoms with Gasteiger partial charge in [-0.2, -0.15) is 0 Å². The molecule has 1 aromatic heterocycles. The molecule has 0 amide bonds. The van der Waals surface area contributed by atoms with Crippen molar-refractivity contribution in [1.82, 2.24) is 4.98 Å². The predicted molar refractivity (Wildman–Crippen MR) is 97.8 cm³/mol. The number of fused-ring (bicyclic) bond motifs is 1. The van der Waals surface area contributed by atoms with Gasteiger partial charge in [-0.05, 0) is 43.2 Å². The van der Waals surface area contributed by atoms with E-state index >= 15 is 0 Å². The Morgan fingerprint density at radius 2 is 1.68 bits per heavy atom. The summed E-state index contributed by atoms with van der Waals surface area (Å²) in [6.07, 6.45) is 1.16. The predicted octanol–water partition coefficient (Wildman–Crippen LogP) is 3.16. The van der Waals surface area contributed by atoms with Crippen molar-refractivity contribution in [2.75, 3.05) is 12.4 Å². The Bertz CT molecular complexity index is 1010. The summed E-state index contributed by atoms with van der Waals surface area (Å²) >= 11 is 0. The number of H-pyrrole nitrogens is 1. The van der Waals surface area contributed by atoms with Gasteiger partial charge < -0.3 is 9.72 Å². The number of nitrogens with one attached hydrogen (secondary N) is 1. The lowest BCUT2D eigenvalue weighted by Gasteiger charge is -2.09. The van der Waals surface area contributed by atoms with Gasteiger partial charge in [0.2, 0.25) is 5.56 Å². The van der Waals surface area contributed by atoms with Crippen LogP contribution in [0.25, 0.3) is 10.9 Å². The number of sulfone groups is 1. The lowest BCUT2D eigenvalue weighted by atomic mass is 10.2. The normalized spacial score (nSPS) is 11.5. The summed E-state index contributed by atoms with van der Waals surface area (Å²) in [5, 5.41) is 0.832. The minimum atomic E-state index is -3.24. The molecule has 0 bridgehead atoms. The van der Waals surface area contributed by atoms with Gasteiger partial charge in [0.25, 0.3) is 0 Å². The van der Waals surface area contributed by atoms with Crippen molar-refractivity contribution in [2.24, 2.45) is 0 Å². The van der Waals surface area contributed by atoms with Crippen LogP contribution in [0.3, 0.4) is 0 Å². The Labute approximate surface area is 146 Å². The van der Waals surface area contributed by atoms with Gasteiger partial charge in [-0.1, -0.05) is 24.3 Å². The van der Waals surface area contributed by atoms with Gasteiger partial charge in [-0.15, -0.1) is 0 Å². The number of pyridine rings is 1. The Morgan fingerprint density at radius 1 is 0.880 bits per heavy atom. The van der Waals surface area contributed by atoms with Crippen molar-refractivity contribution >= 4 is 20.7 Å². The lowest BCUT2D eigenvalue weighted by molar-refractivity contribution is 0.313. The average molecular weight is 357 g/mol. The van der Waals surface area contributed by atoms with Crippen molar-refractivity contribution in [1.29, 1.82) is 0 Å². The van der Waals surface area contributed by atoms with Crippen molar-refractivity contribution < 1.29 is 13.2 Å². The number of rotatable bonds is 7. The van der Waals surface area contributed by atoms with Crippen LogP contribution in [0.5, 0.6) is 5.75 Å². The second-order valence-electron chi connectivity index (χ2n) is 5.73. The highest BCUT2D eigenvalue weighted by atomic mass is 32.2. The molecule has 0 radical (unpaired) electrons. The van der Waals surface area contributed by atoms with E-state index in [4.69, 9.17) is 4.74 Å². The molecule has 130 valence electrons. The summed E-state index contributed by atoms with van der Waals surface area (Å²) in [6, 6.07) is 17.1. The molecule has 0 saturated carbocycles. The maximum Gasteiger partial charge on any atom is 0.248 e. The molecular formula is C19H19NO4S. The minimum absolute atomic E-state index is 0.100. The first-order valence-electron chi connectivity index (χ1n) is 8.09. The van der Waals surface area contributed by atoms with Gasteiger partial charge in [0, 0.05) is 11.5 Å². The summed E-state index contributed by atoms with van der Waals surface area (Å²) < 4.78 is 30.2. The van der Waals surface area contributed by atoms with Crippen LogP contribution in [-0.4, -0.2) is 25.8 Å². The number of ether oxygens (including phenoxy) is 1. The largest absolute Gasteiger partial charge is 0.493 e. The molecule has 0 atom stereocenters. The van der Waals surface area contributed by atoms with E-state index in [9.17, 15) is 13.2 Å². The van der Waals surface area contributed by atoms with Crippen LogP contribution in [-0.2, 0) is 9.84 Å². The maximum atomic E-state index is 12.2. The standard InChI is InChI=1S/C19H19NO4S/c21-19-12-11-16-17(20-19)9-6-10-18(16)24-13-4-5-14-25(22,23)15-7-2-1-3-8-15/h1-3,6-12H,4-5,13-14H2,(H,20,21). The summed E-state index contributed by atoms with van der Waals surface area (Å²) in [5.41, 5.74) is 0.562. The van der Waals surface area contributed by atoms with Crippen LogP contribution in [0.15, 0.2) is 70.4 Å². The molecule has 1 heterocycles. The van der Waals surface area contributed by atoms with Crippen LogP contribution >= 0.6 is 0 Å². The molecule has 0 aliphatic carbocycles. The molecule has 5 nitrogen and oxygen atoms in total. The first-order valence-corrected chi connectivity index (χ1v) is 9.74. The lowest BCUT2D eigenvalue weighted by Crippen LogP contribution is -2.08. The third kappa shape index (κ3) is 4.28. The van der Waals surface area contributed by atoms with E-state index in [0.29, 0.717) is 30.1 Å². The average Bonchev–Trinajstić information content (AvgIpc) is 2.62. The van der Waals surface area contributed by atoms with Gasteiger partial charge in [0.05, 0.1) is 22.8 Å². The SMILES string of the molecule is O=c1ccc2c(OCCCCS(=O)(=O)c3ccccc3)cccc2[nH]1. The molecular weight excluding hydrogens is 338 g/mol. The molecule has 2 aromatic carbocycles. The van der Waals surface area contributed by atoms with Crippen molar-refractivity contribution in [2.45, 2.75) is 17.7 Å². The van der Waals surface area contributed by atoms with E-state index in [0.717, 1.165) is 10.9 Å². The highest BCUT2D eigenvalue weighted by Crippen LogP contribution is 2.23. The highest BCUT2D eigenvalue weighted by Gasteiger charge is 2.13. The zero-order valence-corrected chi connectivity index (χ0v) is 14.5. The van der Waals surface area contributed by atoms with Crippen LogP contribution in [0.4, 0.5) is 0 Å². The quantitative estimate of drug-likeness (QED) is 0.659. The van der Waals surface area contributed by atoms with Gasteiger partial charge in [-0.25, -0.2) is 8.42 Å². The molecule has 3 aromatic rings. The summed E-state index contributed by atoms with van der Waals surface area (Å²) in [4.78, 5) is 14.5.